The molecule has 0 bridgehead atoms. The standard InChI is InChI=1S/C14H15N3O.C14H13N3O.C12H11N/c2*1-11(18)17-16-10-12-5-7-13(8-6-12)14-4-2-3-9-15-14;1-10-5-7-11(8-6-10)12-4-2-3-9-13-12/h2-9,16H,10H2,1H3,(H,17,18);2-10H,1H3,(H,17,18);2-9H,1H3. The molecule has 0 radical (unpaired) electrons. The van der Waals surface area contributed by atoms with E-state index in [1.54, 1.807) is 18.6 Å². The van der Waals surface area contributed by atoms with Gasteiger partial charge in [-0.1, -0.05) is 96.6 Å². The van der Waals surface area contributed by atoms with E-state index in [1.165, 1.54) is 25.0 Å². The number of aromatic nitrogens is 3. The van der Waals surface area contributed by atoms with Gasteiger partial charge in [0.15, 0.2) is 0 Å². The predicted octanol–water partition coefficient (Wildman–Crippen LogP) is 7.16. The highest BCUT2D eigenvalue weighted by atomic mass is 16.2. The zero-order valence-electron chi connectivity index (χ0n) is 27.7. The minimum atomic E-state index is -0.184. The average molecular weight is 650 g/mol. The number of amides is 2. The van der Waals surface area contributed by atoms with Crippen LogP contribution in [0, 0.1) is 6.92 Å². The predicted molar refractivity (Wildman–Crippen MR) is 196 cm³/mol. The molecule has 3 N–H and O–H groups in total. The van der Waals surface area contributed by atoms with Crippen LogP contribution in [-0.2, 0) is 16.1 Å². The number of hydrazine groups is 1. The third kappa shape index (κ3) is 12.8. The Morgan fingerprint density at radius 3 is 1.45 bits per heavy atom. The molecule has 0 aliphatic rings. The summed E-state index contributed by atoms with van der Waals surface area (Å²) >= 11 is 0. The van der Waals surface area contributed by atoms with Gasteiger partial charge < -0.3 is 0 Å². The number of hydrogen-bond donors (Lipinski definition) is 3. The molecule has 0 saturated heterocycles. The fourth-order valence-electron chi connectivity index (χ4n) is 4.33. The van der Waals surface area contributed by atoms with E-state index in [-0.39, 0.29) is 11.8 Å². The van der Waals surface area contributed by atoms with Gasteiger partial charge in [-0.25, -0.2) is 10.9 Å². The second-order valence-corrected chi connectivity index (χ2v) is 10.8. The van der Waals surface area contributed by atoms with E-state index < -0.39 is 0 Å². The maximum atomic E-state index is 10.7. The van der Waals surface area contributed by atoms with E-state index in [9.17, 15) is 9.59 Å². The van der Waals surface area contributed by atoms with Crippen LogP contribution >= 0.6 is 0 Å². The quantitative estimate of drug-likeness (QED) is 0.119. The lowest BCUT2D eigenvalue weighted by Gasteiger charge is -2.06. The molecule has 246 valence electrons. The van der Waals surface area contributed by atoms with Gasteiger partial charge in [0.25, 0.3) is 0 Å². The van der Waals surface area contributed by atoms with Crippen LogP contribution in [0.5, 0.6) is 0 Å². The Kier molecular flexibility index (Phi) is 14.0. The Labute approximate surface area is 287 Å². The lowest BCUT2D eigenvalue weighted by Crippen LogP contribution is -2.34. The number of pyridine rings is 3. The Bertz CT molecular complexity index is 1880. The topological polar surface area (TPSA) is 121 Å². The molecule has 0 aliphatic carbocycles. The van der Waals surface area contributed by atoms with Crippen LogP contribution in [0.4, 0.5) is 0 Å². The van der Waals surface area contributed by atoms with Crippen molar-refractivity contribution in [2.24, 2.45) is 5.10 Å². The highest BCUT2D eigenvalue weighted by Gasteiger charge is 2.00. The number of benzene rings is 3. The van der Waals surface area contributed by atoms with Crippen molar-refractivity contribution in [3.05, 3.63) is 163 Å². The molecular weight excluding hydrogens is 610 g/mol. The minimum absolute atomic E-state index is 0.0971. The number of carbonyl (C=O) groups excluding carboxylic acids is 2. The van der Waals surface area contributed by atoms with Gasteiger partial charge in [0.1, 0.15) is 0 Å². The molecule has 0 fully saturated rings. The van der Waals surface area contributed by atoms with Gasteiger partial charge in [-0.2, -0.15) is 5.10 Å². The normalized spacial score (nSPS) is 10.2. The van der Waals surface area contributed by atoms with Crippen LogP contribution in [0.3, 0.4) is 0 Å². The molecule has 2 amide bonds. The molecule has 3 aromatic heterocycles. The summed E-state index contributed by atoms with van der Waals surface area (Å²) in [5, 5.41) is 3.80. The van der Waals surface area contributed by atoms with E-state index in [1.807, 2.05) is 109 Å². The number of nitrogens with zero attached hydrogens (tertiary/aromatic N) is 4. The molecular formula is C40H39N7O2. The first kappa shape index (κ1) is 35.5. The number of nitrogens with one attached hydrogen (secondary N) is 3. The first-order valence-corrected chi connectivity index (χ1v) is 15.7. The van der Waals surface area contributed by atoms with Crippen LogP contribution in [0.2, 0.25) is 0 Å². The third-order valence-electron chi connectivity index (χ3n) is 6.79. The Balaban J connectivity index is 0.000000168. The zero-order chi connectivity index (χ0) is 34.7. The molecule has 0 aliphatic heterocycles. The molecule has 6 rings (SSSR count). The van der Waals surface area contributed by atoms with Gasteiger partial charge >= 0.3 is 0 Å². The lowest BCUT2D eigenvalue weighted by atomic mass is 10.1. The summed E-state index contributed by atoms with van der Waals surface area (Å²) in [4.78, 5) is 34.2. The van der Waals surface area contributed by atoms with Crippen LogP contribution in [0.1, 0.15) is 30.5 Å². The molecule has 9 nitrogen and oxygen atoms in total. The second-order valence-electron chi connectivity index (χ2n) is 10.8. The molecule has 0 unspecified atom stereocenters. The van der Waals surface area contributed by atoms with Gasteiger partial charge in [0.05, 0.1) is 23.3 Å². The summed E-state index contributed by atoms with van der Waals surface area (Å²) in [6.45, 7) is 5.57. The first-order valence-electron chi connectivity index (χ1n) is 15.7. The summed E-state index contributed by atoms with van der Waals surface area (Å²) in [5.41, 5.74) is 17.3. The number of hydrogen-bond acceptors (Lipinski definition) is 7. The molecule has 3 heterocycles. The fraction of sp³-hybridized carbons (Fsp3) is 0.100. The highest BCUT2D eigenvalue weighted by molar-refractivity contribution is 5.82. The molecule has 3 aromatic carbocycles. The Morgan fingerprint density at radius 2 is 1.04 bits per heavy atom. The summed E-state index contributed by atoms with van der Waals surface area (Å²) in [5.74, 6) is -0.281. The fourth-order valence-corrected chi connectivity index (χ4v) is 4.33. The SMILES string of the molecule is CC(=O)NN=Cc1ccc(-c2ccccn2)cc1.CC(=O)NNCc1ccc(-c2ccccn2)cc1.Cc1ccc(-c2ccccn2)cc1. The largest absolute Gasteiger partial charge is 0.292 e. The van der Waals surface area contributed by atoms with Crippen molar-refractivity contribution in [1.29, 1.82) is 0 Å². The van der Waals surface area contributed by atoms with E-state index in [0.717, 1.165) is 39.3 Å². The number of rotatable bonds is 8. The number of aryl methyl sites for hydroxylation is 1. The average Bonchev–Trinajstić information content (AvgIpc) is 3.14. The molecule has 0 atom stereocenters. The van der Waals surface area contributed by atoms with Crippen LogP contribution in [-0.4, -0.2) is 33.0 Å². The lowest BCUT2D eigenvalue weighted by molar-refractivity contribution is -0.120. The van der Waals surface area contributed by atoms with Gasteiger partial charge in [-0.3, -0.25) is 30.0 Å². The van der Waals surface area contributed by atoms with Gasteiger partial charge in [-0.05, 0) is 54.4 Å². The van der Waals surface area contributed by atoms with E-state index in [4.69, 9.17) is 0 Å². The molecule has 9 heteroatoms. The highest BCUT2D eigenvalue weighted by Crippen LogP contribution is 2.18. The van der Waals surface area contributed by atoms with Crippen molar-refractivity contribution >= 4 is 18.0 Å². The minimum Gasteiger partial charge on any atom is -0.292 e. The third-order valence-corrected chi connectivity index (χ3v) is 6.79. The zero-order valence-corrected chi connectivity index (χ0v) is 27.7. The van der Waals surface area contributed by atoms with Crippen LogP contribution in [0.15, 0.2) is 151 Å². The summed E-state index contributed by atoms with van der Waals surface area (Å²) < 4.78 is 0. The maximum absolute atomic E-state index is 10.7. The van der Waals surface area contributed by atoms with Crippen molar-refractivity contribution in [3.8, 4) is 33.8 Å². The Hall–Kier alpha value is -6.32. The van der Waals surface area contributed by atoms with Crippen molar-refractivity contribution in [2.75, 3.05) is 0 Å². The van der Waals surface area contributed by atoms with Crippen LogP contribution < -0.4 is 16.3 Å². The van der Waals surface area contributed by atoms with Crippen LogP contribution in [0.25, 0.3) is 33.8 Å². The van der Waals surface area contributed by atoms with Gasteiger partial charge in [0, 0.05) is 55.7 Å². The molecule has 0 saturated carbocycles. The Morgan fingerprint density at radius 1 is 0.592 bits per heavy atom. The van der Waals surface area contributed by atoms with Crippen molar-refractivity contribution in [1.82, 2.24) is 31.2 Å². The monoisotopic (exact) mass is 649 g/mol. The smallest absolute Gasteiger partial charge is 0.236 e. The van der Waals surface area contributed by atoms with Crippen molar-refractivity contribution in [2.45, 2.75) is 27.3 Å². The van der Waals surface area contributed by atoms with E-state index in [0.29, 0.717) is 6.54 Å². The van der Waals surface area contributed by atoms with Gasteiger partial charge in [0.2, 0.25) is 11.8 Å². The summed E-state index contributed by atoms with van der Waals surface area (Å²) in [6, 6.07) is 41.8. The maximum Gasteiger partial charge on any atom is 0.236 e. The van der Waals surface area contributed by atoms with E-state index in [2.05, 4.69) is 67.5 Å². The first-order chi connectivity index (χ1) is 23.9. The van der Waals surface area contributed by atoms with Crippen molar-refractivity contribution < 1.29 is 9.59 Å². The van der Waals surface area contributed by atoms with E-state index >= 15 is 0 Å². The summed E-state index contributed by atoms with van der Waals surface area (Å²) in [6.07, 6.45) is 6.96. The molecule has 6 aromatic rings. The molecule has 0 spiro atoms. The van der Waals surface area contributed by atoms with Crippen molar-refractivity contribution in [3.63, 3.8) is 0 Å². The second kappa shape index (κ2) is 19.4. The molecule has 49 heavy (non-hydrogen) atoms. The summed E-state index contributed by atoms with van der Waals surface area (Å²) in [7, 11) is 0. The number of hydrazone groups is 1. The number of carbonyl (C=O) groups is 2. The van der Waals surface area contributed by atoms with Gasteiger partial charge in [-0.15, -0.1) is 0 Å².